The van der Waals surface area contributed by atoms with E-state index in [1.54, 1.807) is 48.9 Å². The molecule has 94 heavy (non-hydrogen) atoms. The van der Waals surface area contributed by atoms with Gasteiger partial charge in [-0.15, -0.1) is 0 Å². The molecule has 0 radical (unpaired) electrons. The first-order valence-electron chi connectivity index (χ1n) is 31.6. The summed E-state index contributed by atoms with van der Waals surface area (Å²) in [4.78, 5) is 83.1. The van der Waals surface area contributed by atoms with Crippen LogP contribution >= 0.6 is 69.8 Å². The largest absolute Gasteiger partial charge is 0.480 e. The third-order valence-corrected chi connectivity index (χ3v) is 19.0. The van der Waals surface area contributed by atoms with Crippen LogP contribution in [-0.2, 0) is 36.1 Å². The van der Waals surface area contributed by atoms with E-state index in [9.17, 15) is 19.2 Å². The molecule has 8 N–H and O–H groups in total. The number of amides is 3. The number of halogens is 5. The molecule has 3 aliphatic heterocycles. The lowest BCUT2D eigenvalue weighted by molar-refractivity contribution is -0.144. The lowest BCUT2D eigenvalue weighted by atomic mass is 9.89. The molecule has 3 fully saturated rings. The van der Waals surface area contributed by atoms with E-state index in [4.69, 9.17) is 84.2 Å². The highest BCUT2D eigenvalue weighted by Crippen LogP contribution is 2.34. The third-order valence-electron chi connectivity index (χ3n) is 16.6. The van der Waals surface area contributed by atoms with Crippen molar-refractivity contribution in [3.05, 3.63) is 174 Å². The zero-order chi connectivity index (χ0) is 67.4. The van der Waals surface area contributed by atoms with Crippen LogP contribution in [0.2, 0.25) is 25.1 Å². The van der Waals surface area contributed by atoms with Gasteiger partial charge in [0.1, 0.15) is 13.7 Å². The smallest absolute Gasteiger partial charge is 0.329 e. The van der Waals surface area contributed by atoms with E-state index in [0.29, 0.717) is 56.8 Å². The second kappa shape index (κ2) is 39.6. The average Bonchev–Trinajstić information content (AvgIpc) is 1.03. The average molecular weight is 1410 g/mol. The van der Waals surface area contributed by atoms with Gasteiger partial charge in [-0.1, -0.05) is 112 Å². The molecule has 3 saturated heterocycles. The van der Waals surface area contributed by atoms with Gasteiger partial charge in [-0.25, -0.2) is 14.8 Å². The lowest BCUT2D eigenvalue weighted by Crippen LogP contribution is -2.52. The number of aromatic amines is 2. The van der Waals surface area contributed by atoms with Crippen molar-refractivity contribution in [3.8, 4) is 0 Å². The minimum absolute atomic E-state index is 0.0531. The summed E-state index contributed by atoms with van der Waals surface area (Å²) in [5, 5.41) is 18.5. The molecule has 3 amide bonds. The van der Waals surface area contributed by atoms with Crippen molar-refractivity contribution in [1.82, 2.24) is 49.8 Å². The number of piperazine rings is 1. The van der Waals surface area contributed by atoms with E-state index in [1.807, 2.05) is 60.1 Å². The Morgan fingerprint density at radius 1 is 0.830 bits per heavy atom. The van der Waals surface area contributed by atoms with E-state index in [2.05, 4.69) is 86.5 Å². The highest BCUT2D eigenvalue weighted by Gasteiger charge is 2.36. The van der Waals surface area contributed by atoms with Crippen LogP contribution in [0.25, 0.3) is 0 Å². The van der Waals surface area contributed by atoms with Gasteiger partial charge in [0.15, 0.2) is 5.96 Å². The van der Waals surface area contributed by atoms with Gasteiger partial charge in [0.25, 0.3) is 5.91 Å². The van der Waals surface area contributed by atoms with Crippen LogP contribution in [0.5, 0.6) is 0 Å². The van der Waals surface area contributed by atoms with Crippen LogP contribution in [-0.4, -0.2) is 203 Å². The van der Waals surface area contributed by atoms with Crippen molar-refractivity contribution in [2.24, 2.45) is 27.5 Å². The number of hydrogen-bond donors (Lipinski definition) is 6. The molecule has 9 rings (SSSR count). The number of guanidine groups is 1. The van der Waals surface area contributed by atoms with Crippen molar-refractivity contribution in [1.29, 1.82) is 0 Å². The Morgan fingerprint density at radius 3 is 2.18 bits per heavy atom. The van der Waals surface area contributed by atoms with Gasteiger partial charge in [-0.05, 0) is 118 Å². The number of carboxylic acid groups (broad SMARTS) is 1. The molecular formula is C67H87Cl5N14O7S. The van der Waals surface area contributed by atoms with Crippen molar-refractivity contribution in [2.75, 3.05) is 112 Å². The number of nitrogens with one attached hydrogen (secondary N) is 3. The molecule has 3 aliphatic rings. The highest BCUT2D eigenvalue weighted by atomic mass is 35.5. The molecule has 0 spiro atoms. The zero-order valence-corrected chi connectivity index (χ0v) is 58.1. The van der Waals surface area contributed by atoms with Gasteiger partial charge >= 0.3 is 5.97 Å². The Balaban J connectivity index is 0.000000216. The van der Waals surface area contributed by atoms with Gasteiger partial charge in [0, 0.05) is 147 Å². The molecular weight excluding hydrogens is 1320 g/mol. The molecule has 0 aliphatic carbocycles. The number of oxime groups is 1. The van der Waals surface area contributed by atoms with E-state index in [0.717, 1.165) is 143 Å². The third kappa shape index (κ3) is 24.6. The van der Waals surface area contributed by atoms with Crippen LogP contribution in [0.1, 0.15) is 101 Å². The van der Waals surface area contributed by atoms with Gasteiger partial charge in [0.2, 0.25) is 11.8 Å². The number of carbonyl (C=O) groups excluding carboxylic acids is 3. The Bertz CT molecular complexity index is 3350. The predicted octanol–water partition coefficient (Wildman–Crippen LogP) is 10.5. The Morgan fingerprint density at radius 2 is 1.53 bits per heavy atom. The van der Waals surface area contributed by atoms with Gasteiger partial charge in [-0.2, -0.15) is 11.8 Å². The number of hydrogen-bond acceptors (Lipinski definition) is 14. The van der Waals surface area contributed by atoms with E-state index >= 15 is 0 Å². The number of aliphatic imine (C=N–C) groups is 1. The van der Waals surface area contributed by atoms with Crippen molar-refractivity contribution in [3.63, 3.8) is 0 Å². The summed E-state index contributed by atoms with van der Waals surface area (Å²) in [6.07, 6.45) is 11.3. The Hall–Kier alpha value is -6.44. The van der Waals surface area contributed by atoms with Gasteiger partial charge in [-0.3, -0.25) is 29.2 Å². The number of likely N-dealkylation sites (tertiary alicyclic amines) is 2. The van der Waals surface area contributed by atoms with E-state index < -0.39 is 11.9 Å². The fourth-order valence-corrected chi connectivity index (χ4v) is 13.6. The first-order valence-corrected chi connectivity index (χ1v) is 34.6. The Labute approximate surface area is 580 Å². The van der Waals surface area contributed by atoms with Gasteiger partial charge in [0.05, 0.1) is 53.3 Å². The van der Waals surface area contributed by atoms with Crippen LogP contribution in [0.15, 0.2) is 120 Å². The fraction of sp³-hybridized carbons (Fsp3) is 0.463. The number of thioether (sulfide) groups is 1. The standard InChI is InChI=1S/C32H39Cl4N5O4.C21H25ClN2O3.C14H23N7S/c1-39(31(43)22-14-23(33)18-24(34)15-22)19-29(38-45-2)26(20-5-6-27(35)28(36)16-20)9-13-40-11-7-25(8-12-40)41-10-3-4-21(32(41)44)17-30(37)42;22-19-8-6-18(7-9-19)21(17-4-2-1-3-5-17)24-12-10-23(11-13-24)14-15-27-16-20(25)26;1-11-13(21-10-19-11)8-22-6-5-18-14(15)17-4-2-3-12-7-16-9-20-12/h5-6,14-16,18,21,25-26H,3-4,7-13,17,19H2,1-2H3,(H2,37,42);1-9,21H,10-16H2,(H,25,26);7,9-10H,2-6,8H2,1H3,(H,16,20)(H,19,21)(H3,15,17,18)/b38-29+;;/t21-,26+;;/m0../s1. The second-order valence-electron chi connectivity index (χ2n) is 23.3. The topological polar surface area (TPSA) is 269 Å². The molecule has 21 nitrogen and oxygen atoms in total. The molecule has 3 atom stereocenters. The maximum Gasteiger partial charge on any atom is 0.329 e. The van der Waals surface area contributed by atoms with Crippen LogP contribution in [0, 0.1) is 12.8 Å². The van der Waals surface area contributed by atoms with E-state index in [-0.39, 0.29) is 55.3 Å². The van der Waals surface area contributed by atoms with Crippen molar-refractivity contribution >= 4 is 105 Å². The first kappa shape index (κ1) is 74.9. The number of nitrogens with zero attached hydrogens (tertiary/aromatic N) is 9. The van der Waals surface area contributed by atoms with Crippen LogP contribution in [0.3, 0.4) is 0 Å². The molecule has 1 unspecified atom stereocenters. The molecule has 508 valence electrons. The van der Waals surface area contributed by atoms with Gasteiger partial charge < -0.3 is 56.1 Å². The number of aliphatic carboxylic acids is 1. The highest BCUT2D eigenvalue weighted by molar-refractivity contribution is 7.98. The quantitative estimate of drug-likeness (QED) is 0.0110. The summed E-state index contributed by atoms with van der Waals surface area (Å²) < 4.78 is 5.15. The summed E-state index contributed by atoms with van der Waals surface area (Å²) in [6, 6.07) is 29.2. The maximum absolute atomic E-state index is 13.3. The molecule has 6 aromatic rings. The number of carbonyl (C=O) groups is 4. The molecule has 5 heterocycles. The number of rotatable bonds is 29. The normalized spacial score (nSPS) is 16.7. The fourth-order valence-electron chi connectivity index (χ4n) is 11.7. The summed E-state index contributed by atoms with van der Waals surface area (Å²) in [5.41, 5.74) is 19.0. The predicted molar refractivity (Wildman–Crippen MR) is 376 cm³/mol. The number of H-pyrrole nitrogens is 2. The number of aromatic nitrogens is 4. The SMILES string of the molecule is CO/N=C(\CN(C)C(=O)c1cc(Cl)cc(Cl)c1)[C@H](CCN1CCC(N2CCC[C@@H](CC(N)=O)C2=O)CC1)c1ccc(Cl)c(Cl)c1.Cc1[nH]cnc1CSCCNC(N)=NCCCc1cnc[nH]1.O=C(O)COCCN1CCN(C(c2ccccc2)c2ccc(Cl)cc2)CC1. The second-order valence-corrected chi connectivity index (χ2v) is 26.5. The minimum atomic E-state index is -0.923. The van der Waals surface area contributed by atoms with E-state index in [1.165, 1.54) is 18.2 Å². The first-order chi connectivity index (χ1) is 45.3. The summed E-state index contributed by atoms with van der Waals surface area (Å²) in [7, 11) is 3.17. The van der Waals surface area contributed by atoms with Crippen molar-refractivity contribution in [2.45, 2.75) is 82.0 Å². The zero-order valence-electron chi connectivity index (χ0n) is 53.5. The number of primary amides is 1. The molecule has 2 aromatic heterocycles. The number of benzene rings is 4. The molecule has 27 heteroatoms. The monoisotopic (exact) mass is 1410 g/mol. The molecule has 0 bridgehead atoms. The van der Waals surface area contributed by atoms with Crippen LogP contribution < -0.4 is 16.8 Å². The lowest BCUT2D eigenvalue weighted by Gasteiger charge is -2.42. The number of aryl methyl sites for hydroxylation is 2. The summed E-state index contributed by atoms with van der Waals surface area (Å²) >= 11 is 32.9. The number of ether oxygens (including phenoxy) is 1. The maximum atomic E-state index is 13.3. The summed E-state index contributed by atoms with van der Waals surface area (Å²) in [6.45, 7) is 11.6. The number of carboxylic acids is 1. The van der Waals surface area contributed by atoms with Crippen LogP contribution in [0.4, 0.5) is 0 Å². The number of imidazole rings is 2. The Kier molecular flexibility index (Phi) is 31.5. The number of nitrogens with two attached hydrogens (primary N) is 2. The number of piperidine rings is 2. The minimum Gasteiger partial charge on any atom is -0.480 e. The summed E-state index contributed by atoms with van der Waals surface area (Å²) in [5.74, 6) is 0.307. The van der Waals surface area contributed by atoms with Crippen molar-refractivity contribution < 1.29 is 33.9 Å². The molecule has 0 saturated carbocycles. The molecule has 4 aromatic carbocycles.